The van der Waals surface area contributed by atoms with Gasteiger partial charge in [0.25, 0.3) is 0 Å². The number of nitrogens with zero attached hydrogens (tertiary/aromatic N) is 1. The highest BCUT2D eigenvalue weighted by Crippen LogP contribution is 2.08. The summed E-state index contributed by atoms with van der Waals surface area (Å²) in [7, 11) is 0. The van der Waals surface area contributed by atoms with E-state index in [1.54, 1.807) is 6.26 Å². The zero-order valence-electron chi connectivity index (χ0n) is 15.0. The van der Waals surface area contributed by atoms with Crippen molar-refractivity contribution in [1.29, 1.82) is 0 Å². The van der Waals surface area contributed by atoms with Gasteiger partial charge >= 0.3 is 0 Å². The molecule has 0 spiro atoms. The maximum atomic E-state index is 5.57. The van der Waals surface area contributed by atoms with Gasteiger partial charge in [0.15, 0.2) is 0 Å². The third kappa shape index (κ3) is 11.4. The van der Waals surface area contributed by atoms with E-state index in [9.17, 15) is 0 Å². The Morgan fingerprint density at radius 1 is 0.870 bits per heavy atom. The van der Waals surface area contributed by atoms with Gasteiger partial charge < -0.3 is 14.0 Å². The van der Waals surface area contributed by atoms with Crippen molar-refractivity contribution in [2.24, 2.45) is 0 Å². The van der Waals surface area contributed by atoms with E-state index in [1.165, 1.54) is 0 Å². The van der Waals surface area contributed by atoms with Crippen LogP contribution in [0.25, 0.3) is 0 Å². The lowest BCUT2D eigenvalue weighted by molar-refractivity contribution is 0.117. The summed E-state index contributed by atoms with van der Waals surface area (Å²) < 4.78 is 15.9. The number of hydrogen-bond donors (Lipinski definition) is 0. The standard InChI is InChI=1S/C15H19NO3.2C2H6/c1-2-7-15(8-3-1)18-12-5-11-17-10-4-6-14-9-13-19-16-14;2*1-2/h1-3,7-9,13H,4-6,10-12H2;2*1-2H3. The summed E-state index contributed by atoms with van der Waals surface area (Å²) in [5, 5.41) is 3.85. The third-order valence-electron chi connectivity index (χ3n) is 2.66. The molecule has 0 aliphatic carbocycles. The highest BCUT2D eigenvalue weighted by Gasteiger charge is 1.97. The Labute approximate surface area is 140 Å². The van der Waals surface area contributed by atoms with E-state index in [2.05, 4.69) is 5.16 Å². The van der Waals surface area contributed by atoms with Gasteiger partial charge in [0, 0.05) is 25.7 Å². The van der Waals surface area contributed by atoms with Crippen molar-refractivity contribution in [2.45, 2.75) is 47.0 Å². The minimum Gasteiger partial charge on any atom is -0.494 e. The van der Waals surface area contributed by atoms with Gasteiger partial charge in [-0.1, -0.05) is 51.1 Å². The fourth-order valence-corrected chi connectivity index (χ4v) is 1.69. The second-order valence-corrected chi connectivity index (χ2v) is 4.22. The van der Waals surface area contributed by atoms with Gasteiger partial charge in [-0.25, -0.2) is 0 Å². The zero-order chi connectivity index (χ0) is 17.2. The molecular weight excluding hydrogens is 290 g/mol. The van der Waals surface area contributed by atoms with Crippen LogP contribution < -0.4 is 4.74 Å². The van der Waals surface area contributed by atoms with Gasteiger partial charge in [-0.05, 0) is 25.0 Å². The molecule has 0 bridgehead atoms. The monoisotopic (exact) mass is 321 g/mol. The van der Waals surface area contributed by atoms with Gasteiger partial charge in [0.1, 0.15) is 12.0 Å². The molecule has 0 amide bonds. The van der Waals surface area contributed by atoms with Crippen molar-refractivity contribution < 1.29 is 14.0 Å². The molecule has 4 nitrogen and oxygen atoms in total. The molecule has 1 heterocycles. The number of aryl methyl sites for hydroxylation is 1. The van der Waals surface area contributed by atoms with Crippen LogP contribution in [-0.4, -0.2) is 25.0 Å². The molecule has 1 aromatic heterocycles. The summed E-state index contributed by atoms with van der Waals surface area (Å²) in [4.78, 5) is 0. The molecule has 4 heteroatoms. The second-order valence-electron chi connectivity index (χ2n) is 4.22. The van der Waals surface area contributed by atoms with Crippen LogP contribution in [0.5, 0.6) is 5.75 Å². The Morgan fingerprint density at radius 2 is 1.57 bits per heavy atom. The lowest BCUT2D eigenvalue weighted by Crippen LogP contribution is -2.04. The molecule has 0 N–H and O–H groups in total. The Kier molecular flexibility index (Phi) is 15.3. The molecule has 1 aromatic carbocycles. The average molecular weight is 321 g/mol. The molecule has 0 radical (unpaired) electrons. The van der Waals surface area contributed by atoms with Crippen LogP contribution in [0.15, 0.2) is 47.2 Å². The Bertz CT molecular complexity index is 429. The van der Waals surface area contributed by atoms with Gasteiger partial charge in [0.2, 0.25) is 0 Å². The topological polar surface area (TPSA) is 44.5 Å². The lowest BCUT2D eigenvalue weighted by Gasteiger charge is -2.06. The quantitative estimate of drug-likeness (QED) is 0.599. The van der Waals surface area contributed by atoms with E-state index >= 15 is 0 Å². The summed E-state index contributed by atoms with van der Waals surface area (Å²) in [6.07, 6.45) is 4.36. The largest absolute Gasteiger partial charge is 0.494 e. The molecule has 2 rings (SSSR count). The fraction of sp³-hybridized carbons (Fsp3) is 0.526. The minimum absolute atomic E-state index is 0.688. The SMILES string of the molecule is CC.CC.c1ccc(OCCCOCCCc2ccon2)cc1. The lowest BCUT2D eigenvalue weighted by atomic mass is 10.2. The Hall–Kier alpha value is -1.81. The zero-order valence-corrected chi connectivity index (χ0v) is 15.0. The highest BCUT2D eigenvalue weighted by molar-refractivity contribution is 5.20. The predicted molar refractivity (Wildman–Crippen MR) is 94.9 cm³/mol. The van der Waals surface area contributed by atoms with Crippen LogP contribution in [0.2, 0.25) is 0 Å². The van der Waals surface area contributed by atoms with Crippen molar-refractivity contribution in [3.63, 3.8) is 0 Å². The average Bonchev–Trinajstić information content (AvgIpc) is 3.15. The molecule has 0 fully saturated rings. The molecule has 0 saturated heterocycles. The number of para-hydroxylation sites is 1. The van der Waals surface area contributed by atoms with E-state index in [4.69, 9.17) is 14.0 Å². The summed E-state index contributed by atoms with van der Waals surface area (Å²) in [6, 6.07) is 11.7. The van der Waals surface area contributed by atoms with Crippen LogP contribution in [0.4, 0.5) is 0 Å². The van der Waals surface area contributed by atoms with E-state index in [0.29, 0.717) is 6.61 Å². The molecule has 0 aliphatic rings. The van der Waals surface area contributed by atoms with E-state index < -0.39 is 0 Å². The maximum absolute atomic E-state index is 5.57. The van der Waals surface area contributed by atoms with Gasteiger partial charge in [-0.2, -0.15) is 0 Å². The molecule has 0 unspecified atom stereocenters. The summed E-state index contributed by atoms with van der Waals surface area (Å²) >= 11 is 0. The molecule has 2 aromatic rings. The summed E-state index contributed by atoms with van der Waals surface area (Å²) in [6.45, 7) is 10.2. The van der Waals surface area contributed by atoms with Crippen LogP contribution in [0.3, 0.4) is 0 Å². The highest BCUT2D eigenvalue weighted by atomic mass is 16.5. The first-order valence-electron chi connectivity index (χ1n) is 8.60. The van der Waals surface area contributed by atoms with Crippen molar-refractivity contribution in [2.75, 3.05) is 19.8 Å². The van der Waals surface area contributed by atoms with Crippen molar-refractivity contribution in [1.82, 2.24) is 5.16 Å². The van der Waals surface area contributed by atoms with Gasteiger partial charge in [0.05, 0.1) is 12.3 Å². The molecule has 0 atom stereocenters. The molecule has 0 saturated carbocycles. The van der Waals surface area contributed by atoms with Crippen LogP contribution in [-0.2, 0) is 11.2 Å². The molecule has 23 heavy (non-hydrogen) atoms. The Balaban J connectivity index is 0.00000112. The van der Waals surface area contributed by atoms with Crippen LogP contribution >= 0.6 is 0 Å². The van der Waals surface area contributed by atoms with E-state index in [0.717, 1.165) is 43.9 Å². The number of aromatic nitrogens is 1. The van der Waals surface area contributed by atoms with Gasteiger partial charge in [-0.3, -0.25) is 0 Å². The number of hydrogen-bond acceptors (Lipinski definition) is 4. The first-order valence-corrected chi connectivity index (χ1v) is 8.60. The van der Waals surface area contributed by atoms with Crippen LogP contribution in [0.1, 0.15) is 46.2 Å². The van der Waals surface area contributed by atoms with Crippen molar-refractivity contribution in [3.8, 4) is 5.75 Å². The van der Waals surface area contributed by atoms with E-state index in [-0.39, 0.29) is 0 Å². The fourth-order valence-electron chi connectivity index (χ4n) is 1.69. The minimum atomic E-state index is 0.688. The van der Waals surface area contributed by atoms with Crippen molar-refractivity contribution >= 4 is 0 Å². The normalized spacial score (nSPS) is 9.22. The first-order chi connectivity index (χ1) is 11.4. The Morgan fingerprint density at radius 3 is 2.22 bits per heavy atom. The smallest absolute Gasteiger partial charge is 0.124 e. The van der Waals surface area contributed by atoms with E-state index in [1.807, 2.05) is 64.1 Å². The number of ether oxygens (including phenoxy) is 2. The van der Waals surface area contributed by atoms with Crippen molar-refractivity contribution in [3.05, 3.63) is 48.4 Å². The van der Waals surface area contributed by atoms with Gasteiger partial charge in [-0.15, -0.1) is 0 Å². The predicted octanol–water partition coefficient (Wildman–Crippen LogP) is 5.15. The molecule has 0 aliphatic heterocycles. The first kappa shape index (κ1) is 21.2. The second kappa shape index (κ2) is 16.6. The number of benzene rings is 1. The summed E-state index contributed by atoms with van der Waals surface area (Å²) in [5.74, 6) is 0.911. The maximum Gasteiger partial charge on any atom is 0.124 e. The van der Waals surface area contributed by atoms with Crippen LogP contribution in [0, 0.1) is 0 Å². The molecular formula is C19H31NO3. The number of rotatable bonds is 9. The summed E-state index contributed by atoms with van der Waals surface area (Å²) in [5.41, 5.74) is 0.982. The molecule has 130 valence electrons. The third-order valence-corrected chi connectivity index (χ3v) is 2.66.